The molecular weight excluding hydrogens is 290 g/mol. The highest BCUT2D eigenvalue weighted by atomic mass is 16.1. The fraction of sp³-hybridized carbons (Fsp3) is 0.118. The summed E-state index contributed by atoms with van der Waals surface area (Å²) < 4.78 is 1.43. The molecule has 0 bridgehead atoms. The molecule has 0 aliphatic carbocycles. The Morgan fingerprint density at radius 3 is 2.30 bits per heavy atom. The number of nitrogens with zero attached hydrogens (tertiary/aromatic N) is 3. The molecule has 6 nitrogen and oxygen atoms in total. The van der Waals surface area contributed by atoms with Crippen molar-refractivity contribution in [2.75, 3.05) is 5.43 Å². The van der Waals surface area contributed by atoms with Gasteiger partial charge in [0.2, 0.25) is 5.95 Å². The molecule has 0 aliphatic heterocycles. The van der Waals surface area contributed by atoms with Crippen molar-refractivity contribution < 1.29 is 0 Å². The highest BCUT2D eigenvalue weighted by Gasteiger charge is 2.08. The summed E-state index contributed by atoms with van der Waals surface area (Å²) in [4.78, 5) is 20.3. The van der Waals surface area contributed by atoms with E-state index in [-0.39, 0.29) is 11.6 Å². The van der Waals surface area contributed by atoms with E-state index >= 15 is 0 Å². The summed E-state index contributed by atoms with van der Waals surface area (Å²) >= 11 is 0. The largest absolute Gasteiger partial charge is 0.352 e. The monoisotopic (exact) mass is 307 g/mol. The molecule has 2 N–H and O–H groups in total. The van der Waals surface area contributed by atoms with Gasteiger partial charge in [0.1, 0.15) is 5.82 Å². The van der Waals surface area contributed by atoms with Gasteiger partial charge in [-0.3, -0.25) is 9.99 Å². The summed E-state index contributed by atoms with van der Waals surface area (Å²) in [6.07, 6.45) is 0. The maximum Gasteiger partial charge on any atom is 0.352 e. The summed E-state index contributed by atoms with van der Waals surface area (Å²) in [5, 5.41) is 0. The molecule has 23 heavy (non-hydrogen) atoms. The predicted molar refractivity (Wildman–Crippen MR) is 89.6 cm³/mol. The number of hydrogen-bond donors (Lipinski definition) is 2. The van der Waals surface area contributed by atoms with Crippen LogP contribution in [0.5, 0.6) is 0 Å². The van der Waals surface area contributed by atoms with Crippen LogP contribution in [0.25, 0.3) is 11.4 Å². The molecule has 1 heterocycles. The van der Waals surface area contributed by atoms with Crippen LogP contribution < -0.4 is 16.5 Å². The van der Waals surface area contributed by atoms with Gasteiger partial charge in [-0.25, -0.2) is 10.2 Å². The van der Waals surface area contributed by atoms with Gasteiger partial charge in [-0.15, -0.1) is 0 Å². The van der Waals surface area contributed by atoms with Crippen LogP contribution in [0.15, 0.2) is 65.5 Å². The molecule has 0 aliphatic rings. The standard InChI is InChI=1S/C17H17N5O/c1-22-15(14-10-6-3-7-11-14)19-16(20-17(22)23)21-18-12-13-8-4-2-5-9-13/h2-11,18H,12H2,1H3,(H,20,21,23). The Bertz CT molecular complexity index is 831. The molecule has 0 radical (unpaired) electrons. The Hall–Kier alpha value is -2.99. The van der Waals surface area contributed by atoms with Gasteiger partial charge in [0.25, 0.3) is 0 Å². The van der Waals surface area contributed by atoms with Gasteiger partial charge in [-0.05, 0) is 5.56 Å². The number of hydrogen-bond acceptors (Lipinski definition) is 5. The molecule has 0 unspecified atom stereocenters. The Morgan fingerprint density at radius 1 is 0.957 bits per heavy atom. The van der Waals surface area contributed by atoms with Crippen molar-refractivity contribution in [3.05, 3.63) is 76.7 Å². The van der Waals surface area contributed by atoms with Crippen LogP contribution in [-0.4, -0.2) is 14.5 Å². The van der Waals surface area contributed by atoms with Gasteiger partial charge in [0.05, 0.1) is 0 Å². The summed E-state index contributed by atoms with van der Waals surface area (Å²) in [6.45, 7) is 0.597. The highest BCUT2D eigenvalue weighted by molar-refractivity contribution is 5.56. The zero-order valence-corrected chi connectivity index (χ0v) is 12.7. The number of hydrazine groups is 1. The zero-order valence-electron chi connectivity index (χ0n) is 12.7. The molecule has 3 rings (SSSR count). The second kappa shape index (κ2) is 6.85. The lowest BCUT2D eigenvalue weighted by Gasteiger charge is -2.10. The van der Waals surface area contributed by atoms with Gasteiger partial charge in [-0.1, -0.05) is 60.7 Å². The number of nitrogens with one attached hydrogen (secondary N) is 2. The van der Waals surface area contributed by atoms with E-state index < -0.39 is 0 Å². The van der Waals surface area contributed by atoms with E-state index in [1.165, 1.54) is 4.57 Å². The third-order valence-electron chi connectivity index (χ3n) is 3.39. The van der Waals surface area contributed by atoms with E-state index in [1.807, 2.05) is 60.7 Å². The average molecular weight is 307 g/mol. The topological polar surface area (TPSA) is 71.8 Å². The molecule has 0 saturated heterocycles. The van der Waals surface area contributed by atoms with Crippen LogP contribution in [0.1, 0.15) is 5.56 Å². The molecule has 3 aromatic rings. The Morgan fingerprint density at radius 2 is 1.61 bits per heavy atom. The first-order valence-electron chi connectivity index (χ1n) is 7.27. The second-order valence-electron chi connectivity index (χ2n) is 5.04. The fourth-order valence-electron chi connectivity index (χ4n) is 2.18. The zero-order chi connectivity index (χ0) is 16.1. The number of aromatic nitrogens is 3. The Labute approximate surface area is 133 Å². The van der Waals surface area contributed by atoms with Crippen LogP contribution >= 0.6 is 0 Å². The molecule has 0 saturated carbocycles. The van der Waals surface area contributed by atoms with Crippen LogP contribution in [0, 0.1) is 0 Å². The highest BCUT2D eigenvalue weighted by Crippen LogP contribution is 2.14. The van der Waals surface area contributed by atoms with E-state index in [0.717, 1.165) is 11.1 Å². The van der Waals surface area contributed by atoms with E-state index in [0.29, 0.717) is 12.4 Å². The lowest BCUT2D eigenvalue weighted by Crippen LogP contribution is -2.29. The normalized spacial score (nSPS) is 10.5. The third kappa shape index (κ3) is 3.61. The first kappa shape index (κ1) is 14.9. The fourth-order valence-corrected chi connectivity index (χ4v) is 2.18. The van der Waals surface area contributed by atoms with Crippen molar-refractivity contribution >= 4 is 5.95 Å². The molecule has 0 amide bonds. The second-order valence-corrected chi connectivity index (χ2v) is 5.04. The minimum Gasteiger partial charge on any atom is -0.289 e. The van der Waals surface area contributed by atoms with Crippen molar-refractivity contribution in [2.45, 2.75) is 6.54 Å². The smallest absolute Gasteiger partial charge is 0.289 e. The molecular formula is C17H17N5O. The molecule has 0 fully saturated rings. The summed E-state index contributed by atoms with van der Waals surface area (Å²) in [5.41, 5.74) is 7.53. The van der Waals surface area contributed by atoms with Gasteiger partial charge >= 0.3 is 5.69 Å². The Kier molecular flexibility index (Phi) is 4.44. The lowest BCUT2D eigenvalue weighted by molar-refractivity contribution is 0.747. The molecule has 6 heteroatoms. The molecule has 0 atom stereocenters. The maximum absolute atomic E-state index is 12.0. The van der Waals surface area contributed by atoms with Crippen LogP contribution in [0.2, 0.25) is 0 Å². The number of rotatable bonds is 5. The van der Waals surface area contributed by atoms with Crippen LogP contribution in [0.3, 0.4) is 0 Å². The lowest BCUT2D eigenvalue weighted by atomic mass is 10.2. The van der Waals surface area contributed by atoms with Crippen LogP contribution in [0.4, 0.5) is 5.95 Å². The number of benzene rings is 2. The van der Waals surface area contributed by atoms with Gasteiger partial charge in [-0.2, -0.15) is 9.97 Å². The molecule has 116 valence electrons. The average Bonchev–Trinajstić information content (AvgIpc) is 2.59. The van der Waals surface area contributed by atoms with Gasteiger partial charge in [0.15, 0.2) is 0 Å². The van der Waals surface area contributed by atoms with E-state index in [2.05, 4.69) is 20.8 Å². The van der Waals surface area contributed by atoms with Crippen molar-refractivity contribution in [3.8, 4) is 11.4 Å². The SMILES string of the molecule is Cn1c(-c2ccccc2)nc(NNCc2ccccc2)nc1=O. The van der Waals surface area contributed by atoms with Crippen LogP contribution in [-0.2, 0) is 13.6 Å². The van der Waals surface area contributed by atoms with E-state index in [4.69, 9.17) is 0 Å². The van der Waals surface area contributed by atoms with Crippen molar-refractivity contribution in [1.29, 1.82) is 0 Å². The van der Waals surface area contributed by atoms with Gasteiger partial charge in [0, 0.05) is 19.2 Å². The third-order valence-corrected chi connectivity index (χ3v) is 3.39. The first-order valence-corrected chi connectivity index (χ1v) is 7.27. The summed E-state index contributed by atoms with van der Waals surface area (Å²) in [6, 6.07) is 19.5. The number of anilines is 1. The quantitative estimate of drug-likeness (QED) is 0.705. The Balaban J connectivity index is 1.78. The summed E-state index contributed by atoms with van der Waals surface area (Å²) in [5.74, 6) is 0.817. The van der Waals surface area contributed by atoms with E-state index in [1.54, 1.807) is 7.05 Å². The first-order chi connectivity index (χ1) is 11.2. The van der Waals surface area contributed by atoms with Gasteiger partial charge < -0.3 is 0 Å². The van der Waals surface area contributed by atoms with Crippen molar-refractivity contribution in [2.24, 2.45) is 7.05 Å². The van der Waals surface area contributed by atoms with E-state index in [9.17, 15) is 4.79 Å². The maximum atomic E-state index is 12.0. The minimum absolute atomic E-state index is 0.253. The molecule has 2 aromatic carbocycles. The minimum atomic E-state index is -0.358. The predicted octanol–water partition coefficient (Wildman–Crippen LogP) is 1.96. The molecule has 0 spiro atoms. The molecule has 1 aromatic heterocycles. The van der Waals surface area contributed by atoms with Crippen molar-refractivity contribution in [3.63, 3.8) is 0 Å². The summed E-state index contributed by atoms with van der Waals surface area (Å²) in [7, 11) is 1.66. The van der Waals surface area contributed by atoms with Crippen molar-refractivity contribution in [1.82, 2.24) is 20.0 Å².